The van der Waals surface area contributed by atoms with Crippen LogP contribution < -0.4 is 0 Å². The summed E-state index contributed by atoms with van der Waals surface area (Å²) in [6.45, 7) is 2.45. The summed E-state index contributed by atoms with van der Waals surface area (Å²) >= 11 is 0. The monoisotopic (exact) mass is 222 g/mol. The van der Waals surface area contributed by atoms with Crippen molar-refractivity contribution < 1.29 is 14.3 Å². The molecule has 0 heterocycles. The van der Waals surface area contributed by atoms with Gasteiger partial charge in [-0.15, -0.1) is 0 Å². The Morgan fingerprint density at radius 2 is 1.75 bits per heavy atom. The molecule has 16 heavy (non-hydrogen) atoms. The van der Waals surface area contributed by atoms with Crippen LogP contribution in [0.4, 0.5) is 0 Å². The first-order chi connectivity index (χ1) is 7.93. The number of ether oxygens (including phenoxy) is 2. The molecule has 0 aliphatic carbocycles. The highest BCUT2D eigenvalue weighted by Crippen LogP contribution is 2.00. The minimum absolute atomic E-state index is 0.482. The van der Waals surface area contributed by atoms with E-state index < -0.39 is 0 Å². The smallest absolute Gasteiger partial charge is 0.293 e. The van der Waals surface area contributed by atoms with Crippen molar-refractivity contribution in [2.75, 3.05) is 19.8 Å². The molecule has 88 valence electrons. The van der Waals surface area contributed by atoms with Crippen LogP contribution in [0.15, 0.2) is 30.3 Å². The SMILES string of the molecule is O=COCCCCOCCc1ccccc1. The Labute approximate surface area is 96.4 Å². The maximum atomic E-state index is 9.84. The number of hydrogen-bond acceptors (Lipinski definition) is 3. The highest BCUT2D eigenvalue weighted by atomic mass is 16.5. The number of benzene rings is 1. The van der Waals surface area contributed by atoms with Crippen molar-refractivity contribution in [2.45, 2.75) is 19.3 Å². The second-order valence-electron chi connectivity index (χ2n) is 3.52. The lowest BCUT2D eigenvalue weighted by atomic mass is 10.2. The summed E-state index contributed by atoms with van der Waals surface area (Å²) in [6.07, 6.45) is 2.75. The lowest BCUT2D eigenvalue weighted by Gasteiger charge is -2.04. The zero-order valence-corrected chi connectivity index (χ0v) is 9.43. The molecule has 0 N–H and O–H groups in total. The first-order valence-electron chi connectivity index (χ1n) is 5.60. The normalized spacial score (nSPS) is 10.0. The molecule has 0 radical (unpaired) electrons. The molecule has 0 saturated heterocycles. The number of carbonyl (C=O) groups excluding carboxylic acids is 1. The van der Waals surface area contributed by atoms with Crippen LogP contribution in [-0.4, -0.2) is 26.3 Å². The molecule has 0 spiro atoms. The molecule has 3 nitrogen and oxygen atoms in total. The van der Waals surface area contributed by atoms with Gasteiger partial charge < -0.3 is 9.47 Å². The number of rotatable bonds is 9. The van der Waals surface area contributed by atoms with Gasteiger partial charge in [0.25, 0.3) is 6.47 Å². The quantitative estimate of drug-likeness (QED) is 0.474. The summed E-state index contributed by atoms with van der Waals surface area (Å²) in [5.41, 5.74) is 1.30. The molecule has 0 aromatic heterocycles. The van der Waals surface area contributed by atoms with E-state index in [4.69, 9.17) is 4.74 Å². The molecule has 0 aliphatic heterocycles. The Morgan fingerprint density at radius 1 is 1.00 bits per heavy atom. The summed E-state index contributed by atoms with van der Waals surface area (Å²) in [5.74, 6) is 0. The summed E-state index contributed by atoms with van der Waals surface area (Å²) in [7, 11) is 0. The van der Waals surface area contributed by atoms with Gasteiger partial charge in [0.2, 0.25) is 0 Å². The van der Waals surface area contributed by atoms with E-state index in [0.29, 0.717) is 13.1 Å². The van der Waals surface area contributed by atoms with E-state index in [1.54, 1.807) is 0 Å². The summed E-state index contributed by atoms with van der Waals surface area (Å²) in [6, 6.07) is 10.3. The topological polar surface area (TPSA) is 35.5 Å². The van der Waals surface area contributed by atoms with Gasteiger partial charge in [0.15, 0.2) is 0 Å². The van der Waals surface area contributed by atoms with Gasteiger partial charge in [-0.25, -0.2) is 0 Å². The second-order valence-corrected chi connectivity index (χ2v) is 3.52. The molecule has 0 atom stereocenters. The Kier molecular flexibility index (Phi) is 7.09. The Hall–Kier alpha value is -1.35. The van der Waals surface area contributed by atoms with E-state index in [-0.39, 0.29) is 0 Å². The fourth-order valence-electron chi connectivity index (χ4n) is 1.37. The van der Waals surface area contributed by atoms with E-state index >= 15 is 0 Å². The zero-order valence-electron chi connectivity index (χ0n) is 9.43. The molecule has 1 rings (SSSR count). The summed E-state index contributed by atoms with van der Waals surface area (Å²) in [5, 5.41) is 0. The summed E-state index contributed by atoms with van der Waals surface area (Å²) < 4.78 is 10.0. The van der Waals surface area contributed by atoms with Gasteiger partial charge >= 0.3 is 0 Å². The van der Waals surface area contributed by atoms with Crippen LogP contribution in [0.1, 0.15) is 18.4 Å². The molecule has 0 saturated carbocycles. The molecular formula is C13H18O3. The first-order valence-corrected chi connectivity index (χ1v) is 5.60. The number of hydrogen-bond donors (Lipinski definition) is 0. The molecule has 0 aliphatic rings. The third-order valence-corrected chi connectivity index (χ3v) is 2.25. The maximum Gasteiger partial charge on any atom is 0.293 e. The molecule has 1 aromatic rings. The van der Waals surface area contributed by atoms with Gasteiger partial charge in [-0.1, -0.05) is 30.3 Å². The van der Waals surface area contributed by atoms with Gasteiger partial charge in [0.05, 0.1) is 13.2 Å². The zero-order chi connectivity index (χ0) is 11.5. The number of carbonyl (C=O) groups is 1. The third-order valence-electron chi connectivity index (χ3n) is 2.25. The van der Waals surface area contributed by atoms with Crippen molar-refractivity contribution in [3.63, 3.8) is 0 Å². The largest absolute Gasteiger partial charge is 0.468 e. The van der Waals surface area contributed by atoms with E-state index in [1.165, 1.54) is 5.56 Å². The third kappa shape index (κ3) is 6.19. The maximum absolute atomic E-state index is 9.84. The van der Waals surface area contributed by atoms with Crippen molar-refractivity contribution in [3.05, 3.63) is 35.9 Å². The fourth-order valence-corrected chi connectivity index (χ4v) is 1.37. The van der Waals surface area contributed by atoms with Crippen LogP contribution in [0.3, 0.4) is 0 Å². The average Bonchev–Trinajstić information content (AvgIpc) is 2.34. The van der Waals surface area contributed by atoms with Crippen molar-refractivity contribution in [1.29, 1.82) is 0 Å². The van der Waals surface area contributed by atoms with Gasteiger partial charge in [-0.05, 0) is 24.8 Å². The molecule has 1 aromatic carbocycles. The predicted molar refractivity (Wildman–Crippen MR) is 62.2 cm³/mol. The molecule has 0 unspecified atom stereocenters. The van der Waals surface area contributed by atoms with Crippen molar-refractivity contribution in [2.24, 2.45) is 0 Å². The van der Waals surface area contributed by atoms with Gasteiger partial charge in [0, 0.05) is 6.61 Å². The van der Waals surface area contributed by atoms with E-state index in [9.17, 15) is 4.79 Å². The highest BCUT2D eigenvalue weighted by molar-refractivity contribution is 5.36. The second kappa shape index (κ2) is 8.92. The minimum Gasteiger partial charge on any atom is -0.468 e. The lowest BCUT2D eigenvalue weighted by Crippen LogP contribution is -2.01. The average molecular weight is 222 g/mol. The van der Waals surface area contributed by atoms with Crippen LogP contribution >= 0.6 is 0 Å². The first kappa shape index (κ1) is 12.7. The lowest BCUT2D eigenvalue weighted by molar-refractivity contribution is -0.128. The predicted octanol–water partition coefficient (Wildman–Crippen LogP) is 2.20. The van der Waals surface area contributed by atoms with Crippen molar-refractivity contribution in [1.82, 2.24) is 0 Å². The van der Waals surface area contributed by atoms with Crippen LogP contribution in [0.25, 0.3) is 0 Å². The highest BCUT2D eigenvalue weighted by Gasteiger charge is 1.93. The van der Waals surface area contributed by atoms with E-state index in [2.05, 4.69) is 16.9 Å². The van der Waals surface area contributed by atoms with Crippen LogP contribution in [0.5, 0.6) is 0 Å². The van der Waals surface area contributed by atoms with Crippen molar-refractivity contribution >= 4 is 6.47 Å². The molecular weight excluding hydrogens is 204 g/mol. The summed E-state index contributed by atoms with van der Waals surface area (Å²) in [4.78, 5) is 9.84. The van der Waals surface area contributed by atoms with Gasteiger partial charge in [-0.3, -0.25) is 4.79 Å². The van der Waals surface area contributed by atoms with Crippen LogP contribution in [-0.2, 0) is 20.7 Å². The fraction of sp³-hybridized carbons (Fsp3) is 0.462. The van der Waals surface area contributed by atoms with Gasteiger partial charge in [0.1, 0.15) is 0 Å². The van der Waals surface area contributed by atoms with E-state index in [1.807, 2.05) is 18.2 Å². The van der Waals surface area contributed by atoms with Gasteiger partial charge in [-0.2, -0.15) is 0 Å². The Bertz CT molecular complexity index is 272. The standard InChI is InChI=1S/C13H18O3/c14-12-16-10-5-4-9-15-11-8-13-6-2-1-3-7-13/h1-3,6-7,12H,4-5,8-11H2. The Morgan fingerprint density at radius 3 is 2.50 bits per heavy atom. The van der Waals surface area contributed by atoms with E-state index in [0.717, 1.165) is 32.5 Å². The molecule has 0 fully saturated rings. The van der Waals surface area contributed by atoms with Crippen LogP contribution in [0.2, 0.25) is 0 Å². The molecule has 0 bridgehead atoms. The minimum atomic E-state index is 0.482. The van der Waals surface area contributed by atoms with Crippen molar-refractivity contribution in [3.8, 4) is 0 Å². The molecule has 0 amide bonds. The molecule has 3 heteroatoms. The van der Waals surface area contributed by atoms with Crippen LogP contribution in [0, 0.1) is 0 Å². The Balaban J connectivity index is 1.90. The number of unbranched alkanes of at least 4 members (excludes halogenated alkanes) is 1.